The minimum Gasteiger partial charge on any atom is -0.340 e. The van der Waals surface area contributed by atoms with Crippen LogP contribution in [0, 0.1) is 5.92 Å². The van der Waals surface area contributed by atoms with Gasteiger partial charge in [-0.05, 0) is 56.2 Å². The van der Waals surface area contributed by atoms with Crippen LogP contribution in [0.5, 0.6) is 0 Å². The summed E-state index contributed by atoms with van der Waals surface area (Å²) in [7, 11) is -3.79. The van der Waals surface area contributed by atoms with Gasteiger partial charge in [0.25, 0.3) is 5.91 Å². The van der Waals surface area contributed by atoms with Crippen molar-refractivity contribution in [2.24, 2.45) is 5.92 Å². The van der Waals surface area contributed by atoms with E-state index in [0.29, 0.717) is 19.0 Å². The van der Waals surface area contributed by atoms with Crippen molar-refractivity contribution in [3.8, 4) is 0 Å². The van der Waals surface area contributed by atoms with Gasteiger partial charge in [0.1, 0.15) is 4.90 Å². The molecule has 1 unspecified atom stereocenters. The van der Waals surface area contributed by atoms with Gasteiger partial charge >= 0.3 is 0 Å². The summed E-state index contributed by atoms with van der Waals surface area (Å²) in [5.74, 6) is 0.569. The number of benzene rings is 1. The number of amides is 1. The van der Waals surface area contributed by atoms with Gasteiger partial charge in [-0.15, -0.1) is 5.10 Å². The standard InChI is InChI=1S/C20H27ClN6O3S/c1-14-6-5-11-27(13-14)31(29,30)17-12-15(7-8-16(17)21)18(28)22-19-23-20(25-24-19)26-9-3-2-4-10-26/h7-8,12,14H,2-6,9-11,13H2,1H3,(H2,22,23,24,25,28). The largest absolute Gasteiger partial charge is 0.340 e. The first-order valence-corrected chi connectivity index (χ1v) is 12.4. The summed E-state index contributed by atoms with van der Waals surface area (Å²) in [5.41, 5.74) is 0.184. The Balaban J connectivity index is 1.51. The van der Waals surface area contributed by atoms with Gasteiger partial charge in [-0.25, -0.2) is 13.5 Å². The van der Waals surface area contributed by atoms with Crippen molar-refractivity contribution < 1.29 is 13.2 Å². The summed E-state index contributed by atoms with van der Waals surface area (Å²) < 4.78 is 27.7. The third-order valence-electron chi connectivity index (χ3n) is 5.78. The second-order valence-corrected chi connectivity index (χ2v) is 10.6. The lowest BCUT2D eigenvalue weighted by atomic mass is 10.0. The third kappa shape index (κ3) is 4.86. The van der Waals surface area contributed by atoms with Crippen LogP contribution in [-0.4, -0.2) is 60.0 Å². The summed E-state index contributed by atoms with van der Waals surface area (Å²) in [5, 5.41) is 9.66. The molecule has 4 rings (SSSR count). The number of hydrogen-bond acceptors (Lipinski definition) is 6. The zero-order valence-electron chi connectivity index (χ0n) is 17.5. The number of sulfonamides is 1. The van der Waals surface area contributed by atoms with Crippen LogP contribution in [0.25, 0.3) is 0 Å². The average molecular weight is 467 g/mol. The molecule has 2 saturated heterocycles. The molecule has 9 nitrogen and oxygen atoms in total. The number of nitrogens with zero attached hydrogens (tertiary/aromatic N) is 4. The number of rotatable bonds is 5. The van der Waals surface area contributed by atoms with Gasteiger partial charge in [0.15, 0.2) is 0 Å². The van der Waals surface area contributed by atoms with E-state index in [1.165, 1.54) is 28.9 Å². The van der Waals surface area contributed by atoms with Crippen LogP contribution in [-0.2, 0) is 10.0 Å². The molecule has 2 fully saturated rings. The Morgan fingerprint density at radius 1 is 1.19 bits per heavy atom. The quantitative estimate of drug-likeness (QED) is 0.700. The van der Waals surface area contributed by atoms with Crippen LogP contribution in [0.15, 0.2) is 23.1 Å². The molecule has 2 aliphatic heterocycles. The SMILES string of the molecule is CC1CCCN(S(=O)(=O)c2cc(C(=O)Nc3nc(N4CCCCC4)n[nH]3)ccc2Cl)C1. The Bertz CT molecular complexity index is 1050. The molecule has 11 heteroatoms. The van der Waals surface area contributed by atoms with Gasteiger partial charge in [-0.2, -0.15) is 9.29 Å². The van der Waals surface area contributed by atoms with Crippen LogP contribution in [0.3, 0.4) is 0 Å². The number of carbonyl (C=O) groups is 1. The number of carbonyl (C=O) groups excluding carboxylic acids is 1. The van der Waals surface area contributed by atoms with E-state index in [4.69, 9.17) is 11.6 Å². The molecule has 0 bridgehead atoms. The number of aromatic nitrogens is 3. The second-order valence-electron chi connectivity index (χ2n) is 8.24. The fourth-order valence-electron chi connectivity index (χ4n) is 4.07. The van der Waals surface area contributed by atoms with Gasteiger partial charge in [-0.3, -0.25) is 10.1 Å². The maximum atomic E-state index is 13.1. The van der Waals surface area contributed by atoms with Gasteiger partial charge in [0.05, 0.1) is 5.02 Å². The van der Waals surface area contributed by atoms with E-state index in [9.17, 15) is 13.2 Å². The molecule has 168 valence electrons. The highest BCUT2D eigenvalue weighted by Gasteiger charge is 2.31. The van der Waals surface area contributed by atoms with E-state index in [1.54, 1.807) is 0 Å². The molecule has 0 spiro atoms. The van der Waals surface area contributed by atoms with Crippen molar-refractivity contribution in [2.75, 3.05) is 36.4 Å². The zero-order chi connectivity index (χ0) is 22.0. The minimum atomic E-state index is -3.79. The summed E-state index contributed by atoms with van der Waals surface area (Å²) in [6.45, 7) is 4.71. The maximum absolute atomic E-state index is 13.1. The van der Waals surface area contributed by atoms with Crippen molar-refractivity contribution in [3.63, 3.8) is 0 Å². The normalized spacial score (nSPS) is 20.6. The summed E-state index contributed by atoms with van der Waals surface area (Å²) >= 11 is 6.22. The Morgan fingerprint density at radius 3 is 2.71 bits per heavy atom. The van der Waals surface area contributed by atoms with Gasteiger partial charge < -0.3 is 4.90 Å². The fourth-order valence-corrected chi connectivity index (χ4v) is 6.17. The number of hydrogen-bond donors (Lipinski definition) is 2. The molecular weight excluding hydrogens is 440 g/mol. The predicted molar refractivity (Wildman–Crippen MR) is 119 cm³/mol. The summed E-state index contributed by atoms with van der Waals surface area (Å²) in [6, 6.07) is 4.27. The molecule has 3 heterocycles. The van der Waals surface area contributed by atoms with E-state index in [1.807, 2.05) is 6.92 Å². The molecule has 1 aromatic carbocycles. The molecule has 1 amide bonds. The number of aromatic amines is 1. The highest BCUT2D eigenvalue weighted by atomic mass is 35.5. The lowest BCUT2D eigenvalue weighted by Gasteiger charge is -2.30. The van der Waals surface area contributed by atoms with Crippen LogP contribution in [0.2, 0.25) is 5.02 Å². The van der Waals surface area contributed by atoms with Crippen LogP contribution in [0.4, 0.5) is 11.9 Å². The first-order chi connectivity index (χ1) is 14.8. The molecule has 1 atom stereocenters. The van der Waals surface area contributed by atoms with Crippen LogP contribution < -0.4 is 10.2 Å². The number of nitrogens with one attached hydrogen (secondary N) is 2. The number of anilines is 2. The van der Waals surface area contributed by atoms with E-state index < -0.39 is 15.9 Å². The Morgan fingerprint density at radius 2 is 1.97 bits per heavy atom. The number of piperidine rings is 2. The summed E-state index contributed by atoms with van der Waals surface area (Å²) in [4.78, 5) is 19.1. The smallest absolute Gasteiger partial charge is 0.258 e. The van der Waals surface area contributed by atoms with Gasteiger partial charge in [-0.1, -0.05) is 18.5 Å². The monoisotopic (exact) mass is 466 g/mol. The predicted octanol–water partition coefficient (Wildman–Crippen LogP) is 3.12. The number of halogens is 1. The molecule has 1 aromatic heterocycles. The van der Waals surface area contributed by atoms with Crippen LogP contribution in [0.1, 0.15) is 49.4 Å². The first kappa shape index (κ1) is 22.0. The van der Waals surface area contributed by atoms with Crippen molar-refractivity contribution in [1.82, 2.24) is 19.5 Å². The lowest BCUT2D eigenvalue weighted by molar-refractivity contribution is 0.102. The third-order valence-corrected chi connectivity index (χ3v) is 8.12. The average Bonchev–Trinajstić information content (AvgIpc) is 3.23. The van der Waals surface area contributed by atoms with Crippen molar-refractivity contribution in [1.29, 1.82) is 0 Å². The number of H-pyrrole nitrogens is 1. The van der Waals surface area contributed by atoms with Gasteiger partial charge in [0.2, 0.25) is 21.9 Å². The van der Waals surface area contributed by atoms with E-state index in [0.717, 1.165) is 38.8 Å². The molecule has 2 aromatic rings. The highest BCUT2D eigenvalue weighted by molar-refractivity contribution is 7.89. The fraction of sp³-hybridized carbons (Fsp3) is 0.550. The van der Waals surface area contributed by atoms with Gasteiger partial charge in [0, 0.05) is 31.7 Å². The minimum absolute atomic E-state index is 0.0532. The summed E-state index contributed by atoms with van der Waals surface area (Å²) in [6.07, 6.45) is 5.19. The Kier molecular flexibility index (Phi) is 6.49. The molecule has 0 saturated carbocycles. The van der Waals surface area contributed by atoms with E-state index in [-0.39, 0.29) is 27.3 Å². The molecule has 0 radical (unpaired) electrons. The molecule has 2 N–H and O–H groups in total. The Labute approximate surface area is 187 Å². The second kappa shape index (κ2) is 9.13. The van der Waals surface area contributed by atoms with Crippen LogP contribution >= 0.6 is 11.6 Å². The Hall–Kier alpha value is -2.17. The molecule has 31 heavy (non-hydrogen) atoms. The van der Waals surface area contributed by atoms with Crippen molar-refractivity contribution >= 4 is 39.4 Å². The first-order valence-electron chi connectivity index (χ1n) is 10.6. The molecular formula is C20H27ClN6O3S. The van der Waals surface area contributed by atoms with E-state index >= 15 is 0 Å². The van der Waals surface area contributed by atoms with Crippen molar-refractivity contribution in [2.45, 2.75) is 43.9 Å². The lowest BCUT2D eigenvalue weighted by Crippen LogP contribution is -2.39. The van der Waals surface area contributed by atoms with E-state index in [2.05, 4.69) is 25.4 Å². The van der Waals surface area contributed by atoms with Crippen molar-refractivity contribution in [3.05, 3.63) is 28.8 Å². The highest BCUT2D eigenvalue weighted by Crippen LogP contribution is 2.29. The zero-order valence-corrected chi connectivity index (χ0v) is 19.0. The molecule has 0 aliphatic carbocycles. The maximum Gasteiger partial charge on any atom is 0.258 e. The molecule has 2 aliphatic rings. The topological polar surface area (TPSA) is 111 Å².